The normalized spacial score (nSPS) is 13.0. The Bertz CT molecular complexity index is 670. The fourth-order valence-corrected chi connectivity index (χ4v) is 2.40. The van der Waals surface area contributed by atoms with Crippen LogP contribution in [0.5, 0.6) is 0 Å². The van der Waals surface area contributed by atoms with E-state index in [1.807, 2.05) is 0 Å². The van der Waals surface area contributed by atoms with E-state index in [0.29, 0.717) is 40.8 Å². The summed E-state index contributed by atoms with van der Waals surface area (Å²) in [5.41, 5.74) is 0.391. The third-order valence-electron chi connectivity index (χ3n) is 3.13. The first kappa shape index (κ1) is 15.9. The van der Waals surface area contributed by atoms with Gasteiger partial charge < -0.3 is 15.4 Å². The molecule has 0 radical (unpaired) electrons. The van der Waals surface area contributed by atoms with Crippen molar-refractivity contribution in [1.29, 1.82) is 0 Å². The van der Waals surface area contributed by atoms with Gasteiger partial charge in [-0.25, -0.2) is 4.98 Å². The lowest BCUT2D eigenvalue weighted by molar-refractivity contribution is 0.146. The van der Waals surface area contributed by atoms with E-state index in [1.165, 1.54) is 0 Å². The Morgan fingerprint density at radius 2 is 2.19 bits per heavy atom. The number of H-pyrrole nitrogens is 1. The summed E-state index contributed by atoms with van der Waals surface area (Å²) in [5, 5.41) is 14.0. The summed E-state index contributed by atoms with van der Waals surface area (Å²) in [5.74, 6) is 0.981. The van der Waals surface area contributed by atoms with Gasteiger partial charge in [0.1, 0.15) is 5.82 Å². The molecule has 0 fully saturated rings. The molecule has 1 aromatic heterocycles. The highest BCUT2D eigenvalue weighted by molar-refractivity contribution is 6.31. The molecule has 3 N–H and O–H groups in total. The van der Waals surface area contributed by atoms with Crippen LogP contribution in [-0.2, 0) is 6.54 Å². The Labute approximate surface area is 128 Å². The lowest BCUT2D eigenvalue weighted by Crippen LogP contribution is -2.29. The Morgan fingerprint density at radius 1 is 1.43 bits per heavy atom. The number of nitrogens with one attached hydrogen (secondary N) is 2. The van der Waals surface area contributed by atoms with Gasteiger partial charge in [-0.2, -0.15) is 0 Å². The van der Waals surface area contributed by atoms with Crippen LogP contribution in [0.4, 0.5) is 0 Å². The number of aliphatic hydroxyl groups is 1. The Hall–Kier alpha value is -1.43. The van der Waals surface area contributed by atoms with Gasteiger partial charge in [0.25, 0.3) is 5.56 Å². The van der Waals surface area contributed by atoms with Crippen LogP contribution in [0.2, 0.25) is 5.02 Å². The molecule has 0 saturated heterocycles. The van der Waals surface area contributed by atoms with Crippen molar-refractivity contribution in [3.8, 4) is 0 Å². The predicted molar refractivity (Wildman–Crippen MR) is 84.5 cm³/mol. The van der Waals surface area contributed by atoms with E-state index in [2.05, 4.69) is 29.1 Å². The van der Waals surface area contributed by atoms with E-state index in [9.17, 15) is 9.90 Å². The molecule has 21 heavy (non-hydrogen) atoms. The van der Waals surface area contributed by atoms with Gasteiger partial charge in [-0.05, 0) is 30.5 Å². The lowest BCUT2D eigenvalue weighted by atomic mass is 10.1. The maximum atomic E-state index is 11.9. The van der Waals surface area contributed by atoms with E-state index in [4.69, 9.17) is 11.6 Å². The third-order valence-corrected chi connectivity index (χ3v) is 3.37. The Kier molecular flexibility index (Phi) is 5.33. The van der Waals surface area contributed by atoms with Crippen LogP contribution in [0.3, 0.4) is 0 Å². The quantitative estimate of drug-likeness (QED) is 0.763. The molecule has 0 amide bonds. The van der Waals surface area contributed by atoms with Crippen molar-refractivity contribution in [1.82, 2.24) is 15.3 Å². The predicted octanol–water partition coefficient (Wildman–Crippen LogP) is 2.07. The van der Waals surface area contributed by atoms with Crippen molar-refractivity contribution in [2.24, 2.45) is 5.92 Å². The summed E-state index contributed by atoms with van der Waals surface area (Å²) in [7, 11) is 0. The summed E-state index contributed by atoms with van der Waals surface area (Å²) in [6.45, 7) is 4.99. The number of aromatic nitrogens is 2. The second-order valence-electron chi connectivity index (χ2n) is 5.59. The molecule has 2 aromatic rings. The summed E-state index contributed by atoms with van der Waals surface area (Å²) in [4.78, 5) is 19.0. The molecule has 1 atom stereocenters. The van der Waals surface area contributed by atoms with Crippen LogP contribution in [-0.4, -0.2) is 27.7 Å². The van der Waals surface area contributed by atoms with E-state index < -0.39 is 6.10 Å². The zero-order chi connectivity index (χ0) is 15.4. The average molecular weight is 310 g/mol. The van der Waals surface area contributed by atoms with Crippen molar-refractivity contribution in [3.05, 3.63) is 39.4 Å². The van der Waals surface area contributed by atoms with Crippen LogP contribution in [0, 0.1) is 5.92 Å². The number of aromatic amines is 1. The molecule has 0 aliphatic heterocycles. The fourth-order valence-electron chi connectivity index (χ4n) is 2.23. The number of hydrogen-bond acceptors (Lipinski definition) is 4. The first-order chi connectivity index (χ1) is 9.95. The van der Waals surface area contributed by atoms with Crippen molar-refractivity contribution < 1.29 is 5.11 Å². The number of benzene rings is 1. The second-order valence-corrected chi connectivity index (χ2v) is 6.02. The monoisotopic (exact) mass is 309 g/mol. The zero-order valence-electron chi connectivity index (χ0n) is 12.2. The van der Waals surface area contributed by atoms with Crippen LogP contribution in [0.25, 0.3) is 10.9 Å². The first-order valence-electron chi connectivity index (χ1n) is 7.03. The van der Waals surface area contributed by atoms with Crippen LogP contribution in [0.15, 0.2) is 23.0 Å². The number of aliphatic hydroxyl groups excluding tert-OH is 1. The molecule has 5 nitrogen and oxygen atoms in total. The van der Waals surface area contributed by atoms with Gasteiger partial charge in [0.15, 0.2) is 0 Å². The Morgan fingerprint density at radius 3 is 2.90 bits per heavy atom. The smallest absolute Gasteiger partial charge is 0.258 e. The standard InChI is InChI=1S/C15H20ClN3O2/c1-9(2)5-11(20)7-17-8-14-18-13-6-10(16)3-4-12(13)15(21)19-14/h3-4,6,9,11,17,20H,5,7-8H2,1-2H3,(H,18,19,21). The number of nitrogens with zero attached hydrogens (tertiary/aromatic N) is 1. The summed E-state index contributed by atoms with van der Waals surface area (Å²) in [6, 6.07) is 5.00. The largest absolute Gasteiger partial charge is 0.392 e. The second kappa shape index (κ2) is 7.02. The zero-order valence-corrected chi connectivity index (χ0v) is 12.9. The van der Waals surface area contributed by atoms with Gasteiger partial charge in [0.05, 0.1) is 23.6 Å². The fraction of sp³-hybridized carbons (Fsp3) is 0.467. The highest BCUT2D eigenvalue weighted by Crippen LogP contribution is 2.14. The third kappa shape index (κ3) is 4.52. The van der Waals surface area contributed by atoms with Gasteiger partial charge in [-0.15, -0.1) is 0 Å². The van der Waals surface area contributed by atoms with Crippen LogP contribution >= 0.6 is 11.6 Å². The summed E-state index contributed by atoms with van der Waals surface area (Å²) >= 11 is 5.92. The Balaban J connectivity index is 2.04. The average Bonchev–Trinajstić information content (AvgIpc) is 2.37. The maximum absolute atomic E-state index is 11.9. The molecule has 0 aliphatic rings. The van der Waals surface area contributed by atoms with Gasteiger partial charge in [-0.3, -0.25) is 4.79 Å². The molecule has 0 aliphatic carbocycles. The van der Waals surface area contributed by atoms with Crippen molar-refractivity contribution in [2.45, 2.75) is 32.9 Å². The molecule has 0 bridgehead atoms. The van der Waals surface area contributed by atoms with Gasteiger partial charge in [-0.1, -0.05) is 25.4 Å². The minimum absolute atomic E-state index is 0.184. The topological polar surface area (TPSA) is 78.0 Å². The molecule has 114 valence electrons. The first-order valence-corrected chi connectivity index (χ1v) is 7.40. The number of fused-ring (bicyclic) bond motifs is 1. The number of halogens is 1. The maximum Gasteiger partial charge on any atom is 0.258 e. The lowest BCUT2D eigenvalue weighted by Gasteiger charge is -2.13. The van der Waals surface area contributed by atoms with Gasteiger partial charge >= 0.3 is 0 Å². The van der Waals surface area contributed by atoms with E-state index in [1.54, 1.807) is 18.2 Å². The SMILES string of the molecule is CC(C)CC(O)CNCc1nc2cc(Cl)ccc2c(=O)[nH]1. The summed E-state index contributed by atoms with van der Waals surface area (Å²) < 4.78 is 0. The van der Waals surface area contributed by atoms with Gasteiger partial charge in [0.2, 0.25) is 0 Å². The van der Waals surface area contributed by atoms with Gasteiger partial charge in [0, 0.05) is 11.6 Å². The van der Waals surface area contributed by atoms with Crippen molar-refractivity contribution >= 4 is 22.5 Å². The molecule has 0 spiro atoms. The van der Waals surface area contributed by atoms with Crippen LogP contribution in [0.1, 0.15) is 26.1 Å². The minimum Gasteiger partial charge on any atom is -0.392 e. The number of rotatable bonds is 6. The van der Waals surface area contributed by atoms with Crippen LogP contribution < -0.4 is 10.9 Å². The molecule has 0 saturated carbocycles. The van der Waals surface area contributed by atoms with E-state index >= 15 is 0 Å². The van der Waals surface area contributed by atoms with Crippen molar-refractivity contribution in [2.75, 3.05) is 6.54 Å². The molecule has 6 heteroatoms. The highest BCUT2D eigenvalue weighted by Gasteiger charge is 2.08. The molecule has 1 aromatic carbocycles. The number of hydrogen-bond donors (Lipinski definition) is 3. The molecule has 1 heterocycles. The molecule has 2 rings (SSSR count). The molecule has 1 unspecified atom stereocenters. The van der Waals surface area contributed by atoms with Crippen molar-refractivity contribution in [3.63, 3.8) is 0 Å². The highest BCUT2D eigenvalue weighted by atomic mass is 35.5. The minimum atomic E-state index is -0.397. The molecular weight excluding hydrogens is 290 g/mol. The van der Waals surface area contributed by atoms with E-state index in [0.717, 1.165) is 6.42 Å². The summed E-state index contributed by atoms with van der Waals surface area (Å²) in [6.07, 6.45) is 0.344. The molecular formula is C15H20ClN3O2. The van der Waals surface area contributed by atoms with E-state index in [-0.39, 0.29) is 5.56 Å².